The minimum Gasteiger partial charge on any atom is -0.495 e. The smallest absolute Gasteiger partial charge is 0.215 e. The molecule has 0 fully saturated rings. The molecule has 1 aromatic heterocycles. The standard InChI is InChI=1S/C23H20ClN3O2/c1-26-23(25)27(19-13-17(24)11-12-20(19)28-2)22-21-16(14-29-22)9-6-10-18(21)15-7-4-3-5-8-15/h3-14H,1-2H3,(H2,25,26). The molecule has 0 aliphatic carbocycles. The van der Waals surface area contributed by atoms with E-state index in [2.05, 4.69) is 23.2 Å². The van der Waals surface area contributed by atoms with Gasteiger partial charge >= 0.3 is 0 Å². The van der Waals surface area contributed by atoms with E-state index in [4.69, 9.17) is 26.5 Å². The minimum atomic E-state index is 0.254. The average Bonchev–Trinajstić information content (AvgIpc) is 3.18. The van der Waals surface area contributed by atoms with Crippen molar-refractivity contribution in [3.8, 4) is 16.9 Å². The quantitative estimate of drug-likeness (QED) is 0.342. The van der Waals surface area contributed by atoms with Crippen molar-refractivity contribution in [1.82, 2.24) is 0 Å². The number of rotatable bonds is 4. The number of ether oxygens (including phenoxy) is 1. The van der Waals surface area contributed by atoms with Crippen LogP contribution in [0.3, 0.4) is 0 Å². The van der Waals surface area contributed by atoms with Crippen LogP contribution in [0.15, 0.2) is 82.4 Å². The monoisotopic (exact) mass is 405 g/mol. The summed E-state index contributed by atoms with van der Waals surface area (Å²) >= 11 is 6.28. The van der Waals surface area contributed by atoms with Gasteiger partial charge < -0.3 is 14.9 Å². The van der Waals surface area contributed by atoms with Crippen LogP contribution in [-0.4, -0.2) is 20.1 Å². The molecule has 0 unspecified atom stereocenters. The lowest BCUT2D eigenvalue weighted by Gasteiger charge is -2.24. The summed E-state index contributed by atoms with van der Waals surface area (Å²) < 4.78 is 11.6. The fourth-order valence-corrected chi connectivity index (χ4v) is 3.55. The van der Waals surface area contributed by atoms with Gasteiger partial charge in [0.1, 0.15) is 12.0 Å². The molecule has 0 atom stereocenters. The van der Waals surface area contributed by atoms with Gasteiger partial charge in [0.15, 0.2) is 0 Å². The molecule has 0 aliphatic heterocycles. The molecule has 0 saturated heterocycles. The number of guanidine groups is 1. The van der Waals surface area contributed by atoms with Crippen molar-refractivity contribution >= 4 is 39.9 Å². The van der Waals surface area contributed by atoms with Gasteiger partial charge in [-0.05, 0) is 29.3 Å². The van der Waals surface area contributed by atoms with Crippen molar-refractivity contribution in [2.24, 2.45) is 10.7 Å². The molecule has 3 aromatic carbocycles. The predicted molar refractivity (Wildman–Crippen MR) is 119 cm³/mol. The van der Waals surface area contributed by atoms with Crippen LogP contribution in [0.25, 0.3) is 21.9 Å². The van der Waals surface area contributed by atoms with Gasteiger partial charge in [0.25, 0.3) is 0 Å². The first kappa shape index (κ1) is 18.9. The van der Waals surface area contributed by atoms with E-state index in [-0.39, 0.29) is 5.96 Å². The van der Waals surface area contributed by atoms with Gasteiger partial charge in [-0.3, -0.25) is 4.99 Å². The van der Waals surface area contributed by atoms with Crippen LogP contribution in [0, 0.1) is 0 Å². The molecule has 2 N–H and O–H groups in total. The van der Waals surface area contributed by atoms with Gasteiger partial charge in [-0.2, -0.15) is 0 Å². The highest BCUT2D eigenvalue weighted by molar-refractivity contribution is 6.31. The van der Waals surface area contributed by atoms with Crippen LogP contribution in [-0.2, 0) is 0 Å². The molecule has 6 heteroatoms. The van der Waals surface area contributed by atoms with E-state index in [1.807, 2.05) is 30.3 Å². The predicted octanol–water partition coefficient (Wildman–Crippen LogP) is 5.84. The molecule has 146 valence electrons. The Morgan fingerprint density at radius 3 is 2.59 bits per heavy atom. The van der Waals surface area contributed by atoms with Gasteiger partial charge in [-0.25, -0.2) is 4.90 Å². The Morgan fingerprint density at radius 1 is 1.07 bits per heavy atom. The number of benzene rings is 3. The molecule has 0 aliphatic rings. The SMILES string of the molecule is CN=C(N)N(c1cc(Cl)ccc1OC)c1occ2cccc(-c3ccccc3)c12. The molecule has 5 nitrogen and oxygen atoms in total. The lowest BCUT2D eigenvalue weighted by molar-refractivity contribution is 0.415. The summed E-state index contributed by atoms with van der Waals surface area (Å²) in [5.74, 6) is 1.40. The summed E-state index contributed by atoms with van der Waals surface area (Å²) in [4.78, 5) is 5.92. The Bertz CT molecular complexity index is 1190. The molecule has 4 aromatic rings. The van der Waals surface area contributed by atoms with E-state index < -0.39 is 0 Å². The van der Waals surface area contributed by atoms with Crippen molar-refractivity contribution in [2.45, 2.75) is 0 Å². The third kappa shape index (κ3) is 3.41. The summed E-state index contributed by atoms with van der Waals surface area (Å²) in [6.07, 6.45) is 1.71. The number of fused-ring (bicyclic) bond motifs is 1. The normalized spacial score (nSPS) is 11.6. The Labute approximate surface area is 174 Å². The average molecular weight is 406 g/mol. The number of nitrogens with two attached hydrogens (primary N) is 1. The Morgan fingerprint density at radius 2 is 1.86 bits per heavy atom. The fourth-order valence-electron chi connectivity index (χ4n) is 3.38. The zero-order chi connectivity index (χ0) is 20.4. The number of hydrogen-bond donors (Lipinski definition) is 1. The van der Waals surface area contributed by atoms with Crippen LogP contribution in [0.1, 0.15) is 0 Å². The second-order valence-electron chi connectivity index (χ2n) is 6.41. The number of methoxy groups -OCH3 is 1. The number of aliphatic imine (C=N–C) groups is 1. The van der Waals surface area contributed by atoms with Gasteiger partial charge in [-0.1, -0.05) is 60.1 Å². The summed E-state index contributed by atoms with van der Waals surface area (Å²) in [5, 5.41) is 2.43. The van der Waals surface area contributed by atoms with Gasteiger partial charge in [-0.15, -0.1) is 0 Å². The molecular formula is C23H20ClN3O2. The van der Waals surface area contributed by atoms with Crippen LogP contribution in [0.5, 0.6) is 5.75 Å². The molecular weight excluding hydrogens is 386 g/mol. The molecule has 1 heterocycles. The summed E-state index contributed by atoms with van der Waals surface area (Å²) in [7, 11) is 3.22. The van der Waals surface area contributed by atoms with Gasteiger partial charge in [0.2, 0.25) is 11.8 Å². The highest BCUT2D eigenvalue weighted by Gasteiger charge is 2.25. The number of nitrogens with zero attached hydrogens (tertiary/aromatic N) is 2. The summed E-state index contributed by atoms with van der Waals surface area (Å²) in [6.45, 7) is 0. The Balaban J connectivity index is 2.02. The second-order valence-corrected chi connectivity index (χ2v) is 6.85. The fraction of sp³-hybridized carbons (Fsp3) is 0.0870. The molecule has 0 spiro atoms. The Kier molecular flexibility index (Phi) is 5.14. The van der Waals surface area contributed by atoms with Crippen molar-refractivity contribution in [2.75, 3.05) is 19.1 Å². The third-order valence-electron chi connectivity index (χ3n) is 4.74. The van der Waals surface area contributed by atoms with E-state index in [0.717, 1.165) is 21.9 Å². The zero-order valence-corrected chi connectivity index (χ0v) is 16.9. The highest BCUT2D eigenvalue weighted by atomic mass is 35.5. The lowest BCUT2D eigenvalue weighted by Crippen LogP contribution is -2.33. The number of hydrogen-bond acceptors (Lipinski definition) is 3. The van der Waals surface area contributed by atoms with Gasteiger partial charge in [0.05, 0.1) is 18.2 Å². The molecule has 0 saturated carbocycles. The molecule has 4 rings (SSSR count). The minimum absolute atomic E-state index is 0.254. The molecule has 0 bridgehead atoms. The Hall–Kier alpha value is -3.44. The van der Waals surface area contributed by atoms with Gasteiger partial charge in [0, 0.05) is 17.5 Å². The number of furan rings is 1. The molecule has 0 amide bonds. The molecule has 0 radical (unpaired) electrons. The maximum absolute atomic E-state index is 6.31. The van der Waals surface area contributed by atoms with Crippen molar-refractivity contribution in [3.63, 3.8) is 0 Å². The van der Waals surface area contributed by atoms with Crippen LogP contribution < -0.4 is 15.4 Å². The first-order chi connectivity index (χ1) is 14.1. The zero-order valence-electron chi connectivity index (χ0n) is 16.1. The van der Waals surface area contributed by atoms with E-state index in [1.165, 1.54) is 0 Å². The number of halogens is 1. The van der Waals surface area contributed by atoms with E-state index >= 15 is 0 Å². The van der Waals surface area contributed by atoms with Crippen molar-refractivity contribution in [1.29, 1.82) is 0 Å². The van der Waals surface area contributed by atoms with Crippen molar-refractivity contribution < 1.29 is 9.15 Å². The van der Waals surface area contributed by atoms with E-state index in [9.17, 15) is 0 Å². The maximum Gasteiger partial charge on any atom is 0.215 e. The van der Waals surface area contributed by atoms with E-state index in [0.29, 0.717) is 22.3 Å². The van der Waals surface area contributed by atoms with E-state index in [1.54, 1.807) is 43.5 Å². The summed E-state index contributed by atoms with van der Waals surface area (Å²) in [5.41, 5.74) is 9.06. The van der Waals surface area contributed by atoms with Crippen LogP contribution in [0.4, 0.5) is 11.6 Å². The molecule has 29 heavy (non-hydrogen) atoms. The highest BCUT2D eigenvalue weighted by Crippen LogP contribution is 2.43. The first-order valence-corrected chi connectivity index (χ1v) is 9.43. The second kappa shape index (κ2) is 7.89. The maximum atomic E-state index is 6.31. The summed E-state index contributed by atoms with van der Waals surface area (Å²) in [6, 6.07) is 21.5. The largest absolute Gasteiger partial charge is 0.495 e. The topological polar surface area (TPSA) is 64.0 Å². The number of anilines is 2. The van der Waals surface area contributed by atoms with Crippen LogP contribution >= 0.6 is 11.6 Å². The first-order valence-electron chi connectivity index (χ1n) is 9.05. The van der Waals surface area contributed by atoms with Crippen LogP contribution in [0.2, 0.25) is 5.02 Å². The van der Waals surface area contributed by atoms with Crippen molar-refractivity contribution in [3.05, 3.63) is 78.0 Å². The lowest BCUT2D eigenvalue weighted by atomic mass is 10.0. The third-order valence-corrected chi connectivity index (χ3v) is 4.97.